The number of epoxide rings is 1. The van der Waals surface area contributed by atoms with Gasteiger partial charge in [0.25, 0.3) is 0 Å². The third-order valence-corrected chi connectivity index (χ3v) is 1.76. The Kier molecular flexibility index (Phi) is 5.34. The molecule has 17 heavy (non-hydrogen) atoms. The molecule has 0 aliphatic carbocycles. The predicted molar refractivity (Wildman–Crippen MR) is 63.1 cm³/mol. The summed E-state index contributed by atoms with van der Waals surface area (Å²) in [5, 5.41) is 7.64. The first-order chi connectivity index (χ1) is 8.22. The molecule has 1 aliphatic heterocycles. The van der Waals surface area contributed by atoms with Crippen molar-refractivity contribution >= 4 is 5.96 Å². The number of ether oxygens (including phenoxy) is 2. The Labute approximate surface area is 99.5 Å². The van der Waals surface area contributed by atoms with Gasteiger partial charge in [0.2, 0.25) is 12.2 Å². The number of benzene rings is 1. The Bertz CT molecular complexity index is 392. The standard InChI is InChI=1S/C9H10O2.C2H4N4/c1-2-4-8(5-3-1)10-6-9-7-11-9;3-1-6-2(4)5/h1-5,9H,6-7H2;(H4,4,5,6). The summed E-state index contributed by atoms with van der Waals surface area (Å²) in [6.45, 7) is 1.54. The quantitative estimate of drug-likeness (QED) is 0.336. The molecule has 1 atom stereocenters. The van der Waals surface area contributed by atoms with Gasteiger partial charge in [-0.15, -0.1) is 4.99 Å². The van der Waals surface area contributed by atoms with Crippen molar-refractivity contribution in [2.75, 3.05) is 13.2 Å². The van der Waals surface area contributed by atoms with Gasteiger partial charge in [0.1, 0.15) is 18.5 Å². The molecule has 1 aliphatic rings. The van der Waals surface area contributed by atoms with Crippen LogP contribution in [0.1, 0.15) is 0 Å². The molecule has 2 rings (SSSR count). The van der Waals surface area contributed by atoms with Crippen LogP contribution >= 0.6 is 0 Å². The molecule has 6 heteroatoms. The second kappa shape index (κ2) is 7.09. The number of nitrogens with two attached hydrogens (primary N) is 2. The maximum atomic E-state index is 7.64. The summed E-state index contributed by atoms with van der Waals surface area (Å²) in [4.78, 5) is 2.90. The maximum Gasteiger partial charge on any atom is 0.209 e. The Balaban J connectivity index is 0.000000209. The topological polar surface area (TPSA) is 110 Å². The summed E-state index contributed by atoms with van der Waals surface area (Å²) in [5.41, 5.74) is 9.42. The number of hydrogen-bond donors (Lipinski definition) is 2. The van der Waals surface area contributed by atoms with Crippen LogP contribution in [0.3, 0.4) is 0 Å². The van der Waals surface area contributed by atoms with Gasteiger partial charge >= 0.3 is 0 Å². The fourth-order valence-corrected chi connectivity index (χ4v) is 0.928. The van der Waals surface area contributed by atoms with Crippen molar-refractivity contribution in [3.63, 3.8) is 0 Å². The van der Waals surface area contributed by atoms with Crippen LogP contribution in [0.5, 0.6) is 5.75 Å². The van der Waals surface area contributed by atoms with Gasteiger partial charge < -0.3 is 20.9 Å². The van der Waals surface area contributed by atoms with Crippen molar-refractivity contribution in [1.82, 2.24) is 0 Å². The summed E-state index contributed by atoms with van der Waals surface area (Å²) in [5.74, 6) is 0.723. The molecule has 0 bridgehead atoms. The van der Waals surface area contributed by atoms with Crippen molar-refractivity contribution in [2.24, 2.45) is 16.5 Å². The van der Waals surface area contributed by atoms with E-state index in [4.69, 9.17) is 26.2 Å². The molecule has 0 saturated carbocycles. The van der Waals surface area contributed by atoms with Crippen molar-refractivity contribution in [3.8, 4) is 11.9 Å². The highest BCUT2D eigenvalue weighted by Crippen LogP contribution is 2.13. The first kappa shape index (κ1) is 12.8. The SMILES string of the molecule is N#CN=C(N)N.c1ccc(OCC2CO2)cc1. The van der Waals surface area contributed by atoms with Crippen LogP contribution in [0.4, 0.5) is 0 Å². The Hall–Kier alpha value is -2.26. The molecule has 6 nitrogen and oxygen atoms in total. The minimum absolute atomic E-state index is 0.197. The number of nitrogens with zero attached hydrogens (tertiary/aromatic N) is 2. The summed E-state index contributed by atoms with van der Waals surface area (Å²) < 4.78 is 10.4. The van der Waals surface area contributed by atoms with Crippen molar-refractivity contribution in [1.29, 1.82) is 5.26 Å². The lowest BCUT2D eigenvalue weighted by molar-refractivity contribution is 0.263. The number of guanidine groups is 1. The second-order valence-corrected chi connectivity index (χ2v) is 3.22. The van der Waals surface area contributed by atoms with Crippen LogP contribution in [-0.4, -0.2) is 25.3 Å². The van der Waals surface area contributed by atoms with E-state index in [0.717, 1.165) is 12.4 Å². The second-order valence-electron chi connectivity index (χ2n) is 3.22. The third-order valence-electron chi connectivity index (χ3n) is 1.76. The fraction of sp³-hybridized carbons (Fsp3) is 0.273. The van der Waals surface area contributed by atoms with E-state index in [0.29, 0.717) is 12.7 Å². The molecule has 90 valence electrons. The Morgan fingerprint density at radius 2 is 2.12 bits per heavy atom. The van der Waals surface area contributed by atoms with Crippen LogP contribution in [0.2, 0.25) is 0 Å². The third kappa shape index (κ3) is 6.76. The van der Waals surface area contributed by atoms with Crippen molar-refractivity contribution < 1.29 is 9.47 Å². The van der Waals surface area contributed by atoms with E-state index >= 15 is 0 Å². The van der Waals surface area contributed by atoms with Crippen LogP contribution in [-0.2, 0) is 4.74 Å². The molecule has 0 aromatic heterocycles. The molecule has 1 aromatic rings. The minimum Gasteiger partial charge on any atom is -0.491 e. The van der Waals surface area contributed by atoms with Crippen LogP contribution < -0.4 is 16.2 Å². The van der Waals surface area contributed by atoms with E-state index < -0.39 is 0 Å². The highest BCUT2D eigenvalue weighted by Gasteiger charge is 2.22. The zero-order valence-corrected chi connectivity index (χ0v) is 9.24. The van der Waals surface area contributed by atoms with E-state index in [2.05, 4.69) is 4.99 Å². The summed E-state index contributed by atoms with van der Waals surface area (Å²) >= 11 is 0. The number of aliphatic imine (C=N–C) groups is 1. The average Bonchev–Trinajstić information content (AvgIpc) is 3.12. The van der Waals surface area contributed by atoms with E-state index in [-0.39, 0.29) is 5.96 Å². The van der Waals surface area contributed by atoms with E-state index in [1.54, 1.807) is 0 Å². The lowest BCUT2D eigenvalue weighted by Gasteiger charge is -2.01. The monoisotopic (exact) mass is 234 g/mol. The lowest BCUT2D eigenvalue weighted by atomic mass is 10.3. The molecule has 1 heterocycles. The molecular weight excluding hydrogens is 220 g/mol. The molecular formula is C11H14N4O2. The van der Waals surface area contributed by atoms with Gasteiger partial charge in [-0.05, 0) is 12.1 Å². The van der Waals surface area contributed by atoms with Gasteiger partial charge in [-0.2, -0.15) is 5.26 Å². The minimum atomic E-state index is -0.197. The largest absolute Gasteiger partial charge is 0.491 e. The first-order valence-corrected chi connectivity index (χ1v) is 4.99. The smallest absolute Gasteiger partial charge is 0.209 e. The molecule has 1 aromatic carbocycles. The van der Waals surface area contributed by atoms with Crippen LogP contribution in [0, 0.1) is 11.5 Å². The predicted octanol–water partition coefficient (Wildman–Crippen LogP) is 0.205. The summed E-state index contributed by atoms with van der Waals surface area (Å²) in [6.07, 6.45) is 1.75. The number of hydrogen-bond acceptors (Lipinski definition) is 4. The molecule has 0 amide bonds. The molecule has 1 fully saturated rings. The van der Waals surface area contributed by atoms with Gasteiger partial charge in [-0.3, -0.25) is 0 Å². The number of rotatable bonds is 3. The Morgan fingerprint density at radius 3 is 2.53 bits per heavy atom. The molecule has 4 N–H and O–H groups in total. The van der Waals surface area contributed by atoms with E-state index in [9.17, 15) is 0 Å². The zero-order valence-electron chi connectivity index (χ0n) is 9.24. The van der Waals surface area contributed by atoms with Gasteiger partial charge in [0.05, 0.1) is 6.61 Å². The first-order valence-electron chi connectivity index (χ1n) is 4.99. The average molecular weight is 234 g/mol. The fourth-order valence-electron chi connectivity index (χ4n) is 0.928. The highest BCUT2D eigenvalue weighted by atomic mass is 16.6. The summed E-state index contributed by atoms with van der Waals surface area (Å²) in [7, 11) is 0. The zero-order chi connectivity index (χ0) is 12.5. The van der Waals surface area contributed by atoms with Crippen LogP contribution in [0.15, 0.2) is 35.3 Å². The van der Waals surface area contributed by atoms with Crippen molar-refractivity contribution in [2.45, 2.75) is 6.10 Å². The molecule has 0 spiro atoms. The van der Waals surface area contributed by atoms with E-state index in [1.165, 1.54) is 6.19 Å². The van der Waals surface area contributed by atoms with Gasteiger partial charge in [-0.1, -0.05) is 18.2 Å². The Morgan fingerprint density at radius 1 is 1.47 bits per heavy atom. The van der Waals surface area contributed by atoms with Gasteiger partial charge in [0, 0.05) is 0 Å². The van der Waals surface area contributed by atoms with Gasteiger partial charge in [0.15, 0.2) is 0 Å². The molecule has 1 saturated heterocycles. The number of nitriles is 1. The normalized spacial score (nSPS) is 15.8. The molecule has 0 radical (unpaired) electrons. The highest BCUT2D eigenvalue weighted by molar-refractivity contribution is 5.76. The lowest BCUT2D eigenvalue weighted by Crippen LogP contribution is -2.21. The number of para-hydroxylation sites is 1. The van der Waals surface area contributed by atoms with Gasteiger partial charge in [-0.25, -0.2) is 0 Å². The van der Waals surface area contributed by atoms with Crippen molar-refractivity contribution in [3.05, 3.63) is 30.3 Å². The van der Waals surface area contributed by atoms with Crippen LogP contribution in [0.25, 0.3) is 0 Å². The maximum absolute atomic E-state index is 7.64. The van der Waals surface area contributed by atoms with E-state index in [1.807, 2.05) is 30.3 Å². The molecule has 1 unspecified atom stereocenters. The summed E-state index contributed by atoms with van der Waals surface area (Å²) in [6, 6.07) is 9.79.